The van der Waals surface area contributed by atoms with Gasteiger partial charge in [0.1, 0.15) is 0 Å². The molecule has 0 saturated heterocycles. The van der Waals surface area contributed by atoms with Crippen molar-refractivity contribution >= 4 is 0 Å². The van der Waals surface area contributed by atoms with E-state index >= 15 is 0 Å². The number of nitrogens with one attached hydrogen (secondary N) is 1. The van der Waals surface area contributed by atoms with Crippen molar-refractivity contribution in [2.75, 3.05) is 0 Å². The lowest BCUT2D eigenvalue weighted by Crippen LogP contribution is -2.44. The van der Waals surface area contributed by atoms with Crippen LogP contribution in [0.3, 0.4) is 0 Å². The molecule has 1 heterocycles. The van der Waals surface area contributed by atoms with E-state index in [1.807, 2.05) is 27.7 Å². The predicted octanol–water partition coefficient (Wildman–Crippen LogP) is 0.854. The third kappa shape index (κ3) is 1.95. The molecule has 0 aromatic carbocycles. The molecule has 0 unspecified atom stereocenters. The molecule has 14 heavy (non-hydrogen) atoms. The molecule has 0 aliphatic heterocycles. The second-order valence-electron chi connectivity index (χ2n) is 4.30. The van der Waals surface area contributed by atoms with Crippen molar-refractivity contribution in [1.82, 2.24) is 9.55 Å². The number of hydrogen-bond acceptors (Lipinski definition) is 2. The summed E-state index contributed by atoms with van der Waals surface area (Å²) in [6, 6.07) is 1.48. The first-order valence-electron chi connectivity index (χ1n) is 4.72. The van der Waals surface area contributed by atoms with E-state index in [0.717, 1.165) is 0 Å². The van der Waals surface area contributed by atoms with Crippen molar-refractivity contribution in [3.8, 4) is 0 Å². The van der Waals surface area contributed by atoms with E-state index in [1.54, 1.807) is 0 Å². The van der Waals surface area contributed by atoms with Crippen LogP contribution < -0.4 is 11.2 Å². The third-order valence-corrected chi connectivity index (χ3v) is 2.04. The molecular formula is C10H16N2O2. The van der Waals surface area contributed by atoms with E-state index in [1.165, 1.54) is 10.6 Å². The number of aryl methyl sites for hydroxylation is 1. The molecule has 0 atom stereocenters. The monoisotopic (exact) mass is 196 g/mol. The van der Waals surface area contributed by atoms with Crippen LogP contribution in [0.1, 0.15) is 33.4 Å². The molecule has 4 nitrogen and oxygen atoms in total. The Morgan fingerprint density at radius 1 is 1.36 bits per heavy atom. The predicted molar refractivity (Wildman–Crippen MR) is 55.7 cm³/mol. The highest BCUT2D eigenvalue weighted by atomic mass is 16.2. The molecule has 1 rings (SSSR count). The zero-order valence-electron chi connectivity index (χ0n) is 9.05. The molecule has 0 aliphatic rings. The Balaban J connectivity index is 3.49. The summed E-state index contributed by atoms with van der Waals surface area (Å²) in [5.41, 5.74) is -0.364. The van der Waals surface area contributed by atoms with Crippen LogP contribution in [0.4, 0.5) is 0 Å². The molecule has 0 spiro atoms. The van der Waals surface area contributed by atoms with Gasteiger partial charge in [0.25, 0.3) is 5.56 Å². The normalized spacial score (nSPS) is 11.7. The van der Waals surface area contributed by atoms with Crippen molar-refractivity contribution in [2.45, 2.75) is 39.7 Å². The van der Waals surface area contributed by atoms with Crippen LogP contribution in [-0.2, 0) is 12.0 Å². The Morgan fingerprint density at radius 2 is 1.93 bits per heavy atom. The zero-order chi connectivity index (χ0) is 10.9. The fraction of sp³-hybridized carbons (Fsp3) is 0.600. The zero-order valence-corrected chi connectivity index (χ0v) is 9.05. The number of nitrogens with zero attached hydrogens (tertiary/aromatic N) is 1. The van der Waals surface area contributed by atoms with Gasteiger partial charge in [-0.2, -0.15) is 0 Å². The Kier molecular flexibility index (Phi) is 2.64. The van der Waals surface area contributed by atoms with Gasteiger partial charge in [-0.1, -0.05) is 6.92 Å². The number of rotatable bonds is 1. The summed E-state index contributed by atoms with van der Waals surface area (Å²) < 4.78 is 1.23. The second kappa shape index (κ2) is 3.44. The summed E-state index contributed by atoms with van der Waals surface area (Å²) in [5, 5.41) is 0. The number of aromatic nitrogens is 2. The molecule has 1 aromatic heterocycles. The minimum atomic E-state index is -0.475. The minimum Gasteiger partial charge on any atom is -0.311 e. The molecule has 1 aromatic rings. The Bertz CT molecular complexity index is 403. The average Bonchev–Trinajstić information content (AvgIpc) is 1.99. The minimum absolute atomic E-state index is 0.238. The summed E-state index contributed by atoms with van der Waals surface area (Å²) >= 11 is 0. The maximum Gasteiger partial charge on any atom is 0.329 e. The van der Waals surface area contributed by atoms with E-state index in [2.05, 4.69) is 4.98 Å². The average molecular weight is 196 g/mol. The fourth-order valence-electron chi connectivity index (χ4n) is 1.37. The summed E-state index contributed by atoms with van der Waals surface area (Å²) in [6.07, 6.45) is 0.662. The summed E-state index contributed by atoms with van der Waals surface area (Å²) in [6.45, 7) is 7.38. The maximum atomic E-state index is 11.6. The SMILES string of the molecule is CCc1cc(=O)n(C(C)(C)C)c(=O)[nH]1. The number of hydrogen-bond donors (Lipinski definition) is 1. The molecule has 78 valence electrons. The number of aromatic amines is 1. The lowest BCUT2D eigenvalue weighted by molar-refractivity contribution is 0.365. The molecule has 0 aliphatic carbocycles. The summed E-state index contributed by atoms with van der Waals surface area (Å²) in [7, 11) is 0. The first kappa shape index (κ1) is 10.8. The van der Waals surface area contributed by atoms with Gasteiger partial charge in [-0.25, -0.2) is 4.79 Å². The van der Waals surface area contributed by atoms with Crippen LogP contribution in [0.2, 0.25) is 0 Å². The van der Waals surface area contributed by atoms with Crippen LogP contribution in [0.15, 0.2) is 15.7 Å². The Labute approximate surface area is 82.6 Å². The molecular weight excluding hydrogens is 180 g/mol. The highest BCUT2D eigenvalue weighted by Gasteiger charge is 2.17. The van der Waals surface area contributed by atoms with Gasteiger partial charge in [-0.15, -0.1) is 0 Å². The fourth-order valence-corrected chi connectivity index (χ4v) is 1.37. The molecule has 1 N–H and O–H groups in total. The van der Waals surface area contributed by atoms with E-state index in [-0.39, 0.29) is 11.2 Å². The highest BCUT2D eigenvalue weighted by Crippen LogP contribution is 2.06. The largest absolute Gasteiger partial charge is 0.329 e. The first-order chi connectivity index (χ1) is 6.36. The van der Waals surface area contributed by atoms with Gasteiger partial charge in [0, 0.05) is 17.3 Å². The van der Waals surface area contributed by atoms with Crippen molar-refractivity contribution in [3.63, 3.8) is 0 Å². The van der Waals surface area contributed by atoms with Crippen LogP contribution in [0, 0.1) is 0 Å². The first-order valence-corrected chi connectivity index (χ1v) is 4.72. The van der Waals surface area contributed by atoms with Crippen molar-refractivity contribution < 1.29 is 0 Å². The molecule has 0 saturated carbocycles. The van der Waals surface area contributed by atoms with Crippen LogP contribution in [0.25, 0.3) is 0 Å². The smallest absolute Gasteiger partial charge is 0.311 e. The quantitative estimate of drug-likeness (QED) is 0.724. The summed E-state index contributed by atoms with van der Waals surface area (Å²) in [4.78, 5) is 25.9. The maximum absolute atomic E-state index is 11.6. The van der Waals surface area contributed by atoms with E-state index in [9.17, 15) is 9.59 Å². The Hall–Kier alpha value is -1.32. The van der Waals surface area contributed by atoms with Gasteiger partial charge in [0.15, 0.2) is 0 Å². The van der Waals surface area contributed by atoms with Gasteiger partial charge < -0.3 is 4.98 Å². The van der Waals surface area contributed by atoms with Gasteiger partial charge in [-0.3, -0.25) is 9.36 Å². The summed E-state index contributed by atoms with van der Waals surface area (Å²) in [5.74, 6) is 0. The van der Waals surface area contributed by atoms with E-state index < -0.39 is 5.54 Å². The van der Waals surface area contributed by atoms with Crippen molar-refractivity contribution in [2.24, 2.45) is 0 Å². The lowest BCUT2D eigenvalue weighted by Gasteiger charge is -2.20. The molecule has 4 heteroatoms. The van der Waals surface area contributed by atoms with E-state index in [4.69, 9.17) is 0 Å². The Morgan fingerprint density at radius 3 is 2.29 bits per heavy atom. The second-order valence-corrected chi connectivity index (χ2v) is 4.30. The third-order valence-electron chi connectivity index (χ3n) is 2.04. The van der Waals surface area contributed by atoms with Gasteiger partial charge in [0.2, 0.25) is 0 Å². The topological polar surface area (TPSA) is 54.9 Å². The van der Waals surface area contributed by atoms with Crippen molar-refractivity contribution in [1.29, 1.82) is 0 Å². The van der Waals surface area contributed by atoms with Gasteiger partial charge in [-0.05, 0) is 27.2 Å². The van der Waals surface area contributed by atoms with Crippen LogP contribution >= 0.6 is 0 Å². The highest BCUT2D eigenvalue weighted by molar-refractivity contribution is 5.00. The van der Waals surface area contributed by atoms with Crippen molar-refractivity contribution in [3.05, 3.63) is 32.6 Å². The molecule has 0 radical (unpaired) electrons. The van der Waals surface area contributed by atoms with E-state index in [0.29, 0.717) is 12.1 Å². The standard InChI is InChI=1S/C10H16N2O2/c1-5-7-6-8(13)12(9(14)11-7)10(2,3)4/h6H,5H2,1-4H3,(H,11,14). The van der Waals surface area contributed by atoms with Gasteiger partial charge >= 0.3 is 5.69 Å². The molecule has 0 amide bonds. The van der Waals surface area contributed by atoms with Crippen LogP contribution in [0.5, 0.6) is 0 Å². The molecule has 0 bridgehead atoms. The van der Waals surface area contributed by atoms with Crippen LogP contribution in [-0.4, -0.2) is 9.55 Å². The van der Waals surface area contributed by atoms with Gasteiger partial charge in [0.05, 0.1) is 0 Å². The molecule has 0 fully saturated rings. The lowest BCUT2D eigenvalue weighted by atomic mass is 10.1. The number of H-pyrrole nitrogens is 1.